The maximum atomic E-state index is 12.0. The Balaban J connectivity index is 2.28. The molecule has 0 aromatic heterocycles. The van der Waals surface area contributed by atoms with Gasteiger partial charge in [0.2, 0.25) is 5.91 Å². The number of carbonyl (C=O) groups is 1. The van der Waals surface area contributed by atoms with Crippen LogP contribution in [-0.2, 0) is 9.22 Å². The molecule has 0 saturated carbocycles. The van der Waals surface area contributed by atoms with Crippen LogP contribution in [0.15, 0.2) is 30.3 Å². The average molecular weight is 306 g/mol. The van der Waals surface area contributed by atoms with Crippen LogP contribution in [0.25, 0.3) is 0 Å². The lowest BCUT2D eigenvalue weighted by molar-refractivity contribution is -0.129. The molecule has 0 aliphatic carbocycles. The highest BCUT2D eigenvalue weighted by atomic mass is 28.4. The van der Waals surface area contributed by atoms with Gasteiger partial charge in [0, 0.05) is 0 Å². The molecule has 2 rings (SSSR count). The van der Waals surface area contributed by atoms with Gasteiger partial charge in [-0.3, -0.25) is 9.80 Å². The van der Waals surface area contributed by atoms with E-state index in [0.717, 1.165) is 5.56 Å². The molecular formula is C16H26N2O2Si. The van der Waals surface area contributed by atoms with Crippen molar-refractivity contribution in [3.8, 4) is 0 Å². The molecule has 0 unspecified atom stereocenters. The lowest BCUT2D eigenvalue weighted by Gasteiger charge is -2.40. The van der Waals surface area contributed by atoms with Gasteiger partial charge in [-0.15, -0.1) is 0 Å². The fourth-order valence-electron chi connectivity index (χ4n) is 2.41. The van der Waals surface area contributed by atoms with Crippen molar-refractivity contribution in [3.05, 3.63) is 35.9 Å². The minimum absolute atomic E-state index is 0.0486. The predicted molar refractivity (Wildman–Crippen MR) is 86.9 cm³/mol. The van der Waals surface area contributed by atoms with Gasteiger partial charge in [-0.2, -0.15) is 0 Å². The summed E-state index contributed by atoms with van der Waals surface area (Å²) in [5, 5.41) is 1.45. The topological polar surface area (TPSA) is 55.6 Å². The molecule has 1 saturated heterocycles. The maximum Gasteiger partial charge on any atom is 0.239 e. The molecule has 1 aliphatic rings. The normalized spacial score (nSPS) is 23.7. The molecule has 0 spiro atoms. The summed E-state index contributed by atoms with van der Waals surface area (Å²) in [4.78, 5) is 12.0. The fraction of sp³-hybridized carbons (Fsp3) is 0.562. The van der Waals surface area contributed by atoms with E-state index in [0.29, 0.717) is 6.42 Å². The molecule has 2 atom stereocenters. The number of hydrogen-bond donors (Lipinski definition) is 1. The van der Waals surface area contributed by atoms with Crippen molar-refractivity contribution >= 4 is 14.2 Å². The third-order valence-electron chi connectivity index (χ3n) is 4.71. The lowest BCUT2D eigenvalue weighted by atomic mass is 10.0. The third kappa shape index (κ3) is 3.20. The van der Waals surface area contributed by atoms with E-state index in [1.165, 1.54) is 5.01 Å². The Hall–Kier alpha value is -1.17. The van der Waals surface area contributed by atoms with Crippen molar-refractivity contribution in [2.75, 3.05) is 0 Å². The van der Waals surface area contributed by atoms with Crippen LogP contribution in [0.2, 0.25) is 18.1 Å². The minimum Gasteiger partial charge on any atom is -0.411 e. The van der Waals surface area contributed by atoms with Crippen LogP contribution in [-0.4, -0.2) is 25.3 Å². The van der Waals surface area contributed by atoms with Gasteiger partial charge in [0.15, 0.2) is 8.32 Å². The molecule has 4 nitrogen and oxygen atoms in total. The SMILES string of the molecule is CC(C)(C)[Si](C)(C)O[C@@H]1CC(=O)N(N)[C@@H]1c1ccccc1. The Labute approximate surface area is 128 Å². The lowest BCUT2D eigenvalue weighted by Crippen LogP contribution is -2.46. The van der Waals surface area contributed by atoms with E-state index in [2.05, 4.69) is 33.9 Å². The summed E-state index contributed by atoms with van der Waals surface area (Å²) >= 11 is 0. The smallest absolute Gasteiger partial charge is 0.239 e. The van der Waals surface area contributed by atoms with Crippen LogP contribution < -0.4 is 5.84 Å². The fourth-order valence-corrected chi connectivity index (χ4v) is 3.73. The molecule has 21 heavy (non-hydrogen) atoms. The molecule has 2 N–H and O–H groups in total. The summed E-state index contributed by atoms with van der Waals surface area (Å²) in [6.45, 7) is 11.0. The number of nitrogens with two attached hydrogens (primary N) is 1. The van der Waals surface area contributed by atoms with Crippen LogP contribution in [0.4, 0.5) is 0 Å². The Morgan fingerprint density at radius 2 is 1.81 bits per heavy atom. The van der Waals surface area contributed by atoms with Gasteiger partial charge in [-0.05, 0) is 23.7 Å². The van der Waals surface area contributed by atoms with Crippen LogP contribution in [0.1, 0.15) is 38.8 Å². The van der Waals surface area contributed by atoms with Crippen molar-refractivity contribution in [2.45, 2.75) is 57.5 Å². The molecule has 1 aromatic carbocycles. The maximum absolute atomic E-state index is 12.0. The van der Waals surface area contributed by atoms with Crippen LogP contribution >= 0.6 is 0 Å². The number of amides is 1. The van der Waals surface area contributed by atoms with E-state index in [9.17, 15) is 4.79 Å². The van der Waals surface area contributed by atoms with Gasteiger partial charge in [-0.1, -0.05) is 51.1 Å². The summed E-state index contributed by atoms with van der Waals surface area (Å²) in [6.07, 6.45) is 0.202. The number of hydrogen-bond acceptors (Lipinski definition) is 3. The van der Waals surface area contributed by atoms with Gasteiger partial charge in [0.1, 0.15) is 0 Å². The van der Waals surface area contributed by atoms with Gasteiger partial charge in [-0.25, -0.2) is 5.84 Å². The highest BCUT2D eigenvalue weighted by Gasteiger charge is 2.46. The summed E-state index contributed by atoms with van der Waals surface area (Å²) in [6, 6.07) is 9.72. The Bertz CT molecular complexity index is 511. The standard InChI is InChI=1S/C16H26N2O2Si/c1-16(2,3)21(4,5)20-13-11-14(19)18(17)15(13)12-9-7-6-8-10-12/h6-10,13,15H,11,17H2,1-5H3/t13-,15-/m1/s1. The van der Waals surface area contributed by atoms with Crippen molar-refractivity contribution in [1.82, 2.24) is 5.01 Å². The first kappa shape index (κ1) is 16.2. The Morgan fingerprint density at radius 3 is 2.33 bits per heavy atom. The molecule has 1 fully saturated rings. The minimum atomic E-state index is -1.94. The van der Waals surface area contributed by atoms with Gasteiger partial charge in [0.25, 0.3) is 0 Å². The second kappa shape index (κ2) is 5.55. The number of benzene rings is 1. The number of rotatable bonds is 3. The largest absolute Gasteiger partial charge is 0.411 e. The predicted octanol–water partition coefficient (Wildman–Crippen LogP) is 3.22. The first-order valence-electron chi connectivity index (χ1n) is 7.43. The van der Waals surface area contributed by atoms with E-state index in [-0.39, 0.29) is 23.1 Å². The first-order chi connectivity index (χ1) is 9.63. The number of hydrazine groups is 1. The monoisotopic (exact) mass is 306 g/mol. The molecule has 116 valence electrons. The molecule has 1 aromatic rings. The van der Waals surface area contributed by atoms with Gasteiger partial charge < -0.3 is 4.43 Å². The van der Waals surface area contributed by atoms with Crippen molar-refractivity contribution in [2.24, 2.45) is 5.84 Å². The van der Waals surface area contributed by atoms with E-state index in [4.69, 9.17) is 10.3 Å². The Kier molecular flexibility index (Phi) is 4.28. The molecule has 1 amide bonds. The molecule has 1 aliphatic heterocycles. The molecule has 0 radical (unpaired) electrons. The van der Waals surface area contributed by atoms with Crippen molar-refractivity contribution in [3.63, 3.8) is 0 Å². The zero-order valence-corrected chi connectivity index (χ0v) is 14.6. The third-order valence-corrected chi connectivity index (χ3v) is 9.21. The molecule has 1 heterocycles. The van der Waals surface area contributed by atoms with Crippen LogP contribution in [0, 0.1) is 0 Å². The summed E-state index contributed by atoms with van der Waals surface area (Å²) < 4.78 is 6.47. The van der Waals surface area contributed by atoms with Crippen LogP contribution in [0.5, 0.6) is 0 Å². The van der Waals surface area contributed by atoms with Crippen LogP contribution in [0.3, 0.4) is 0 Å². The quantitative estimate of drug-likeness (QED) is 0.530. The summed E-state index contributed by atoms with van der Waals surface area (Å²) in [7, 11) is -1.94. The van der Waals surface area contributed by atoms with E-state index < -0.39 is 8.32 Å². The average Bonchev–Trinajstić information content (AvgIpc) is 2.64. The number of carbonyl (C=O) groups excluding carboxylic acids is 1. The molecule has 0 bridgehead atoms. The van der Waals surface area contributed by atoms with E-state index in [1.807, 2.05) is 30.3 Å². The van der Waals surface area contributed by atoms with Crippen molar-refractivity contribution < 1.29 is 9.22 Å². The summed E-state index contributed by atoms with van der Waals surface area (Å²) in [5.41, 5.74) is 1.04. The summed E-state index contributed by atoms with van der Waals surface area (Å²) in [5.74, 6) is 5.94. The van der Waals surface area contributed by atoms with Crippen molar-refractivity contribution in [1.29, 1.82) is 0 Å². The van der Waals surface area contributed by atoms with E-state index >= 15 is 0 Å². The second-order valence-electron chi connectivity index (χ2n) is 7.28. The highest BCUT2D eigenvalue weighted by Crippen LogP contribution is 2.42. The van der Waals surface area contributed by atoms with E-state index in [1.54, 1.807) is 0 Å². The zero-order chi connectivity index (χ0) is 15.8. The van der Waals surface area contributed by atoms with Gasteiger partial charge in [0.05, 0.1) is 18.6 Å². The zero-order valence-electron chi connectivity index (χ0n) is 13.6. The molecular weight excluding hydrogens is 280 g/mol. The van der Waals surface area contributed by atoms with Gasteiger partial charge >= 0.3 is 0 Å². The first-order valence-corrected chi connectivity index (χ1v) is 10.3. The Morgan fingerprint density at radius 1 is 1.24 bits per heavy atom. The molecule has 5 heteroatoms. The number of nitrogens with zero attached hydrogens (tertiary/aromatic N) is 1. The highest BCUT2D eigenvalue weighted by molar-refractivity contribution is 6.74. The second-order valence-corrected chi connectivity index (χ2v) is 12.0.